The number of hydrogen-bond donors (Lipinski definition) is 3. The largest absolute Gasteiger partial charge is 0.484 e. The minimum Gasteiger partial charge on any atom is -0.484 e. The minimum absolute atomic E-state index is 0.0602. The number of carboxylic acid groups (broad SMARTS) is 1. The van der Waals surface area contributed by atoms with Gasteiger partial charge in [0.15, 0.2) is 0 Å². The summed E-state index contributed by atoms with van der Waals surface area (Å²) in [5.74, 6) is -1.39. The first kappa shape index (κ1) is 30.4. The summed E-state index contributed by atoms with van der Waals surface area (Å²) in [7, 11) is 1.58. The molecule has 1 aromatic carbocycles. The van der Waals surface area contributed by atoms with Crippen molar-refractivity contribution in [1.82, 2.24) is 5.32 Å². The number of aliphatic carboxylic acids is 1. The van der Waals surface area contributed by atoms with E-state index in [2.05, 4.69) is 5.32 Å². The highest BCUT2D eigenvalue weighted by Gasteiger charge is 2.36. The third kappa shape index (κ3) is 9.51. The van der Waals surface area contributed by atoms with Crippen LogP contribution in [0.1, 0.15) is 60.8 Å². The van der Waals surface area contributed by atoms with Crippen molar-refractivity contribution in [2.75, 3.05) is 25.2 Å². The Hall–Kier alpha value is -2.85. The molecule has 208 valence electrons. The molecule has 1 aliphatic heterocycles. The Morgan fingerprint density at radius 1 is 1.19 bits per heavy atom. The van der Waals surface area contributed by atoms with Crippen molar-refractivity contribution < 1.29 is 38.8 Å². The van der Waals surface area contributed by atoms with Crippen LogP contribution in [-0.2, 0) is 19.1 Å². The number of aliphatic hydroxyl groups excluding tert-OH is 1. The standard InChI is InChI=1S/C27H42N2O8/c1-17(24(32)33)12-21(30)19(28-25(34)37-26(2,3)4)13-27(5,6)14-23(31)29-15-18(16-35-7)36-22-11-9-8-10-20(22)29/h8-11,17-19,21,30H,12-16H2,1-7H3,(H,28,34)(H,32,33)/t17-,18-,19+,21+/m1/s1. The third-order valence-corrected chi connectivity index (χ3v) is 6.07. The van der Waals surface area contributed by atoms with E-state index in [-0.39, 0.29) is 31.3 Å². The molecule has 0 aromatic heterocycles. The van der Waals surface area contributed by atoms with E-state index < -0.39 is 41.1 Å². The van der Waals surface area contributed by atoms with Crippen LogP contribution in [0.5, 0.6) is 5.75 Å². The smallest absolute Gasteiger partial charge is 0.407 e. The summed E-state index contributed by atoms with van der Waals surface area (Å²) in [6.07, 6.45) is -1.90. The number of ether oxygens (including phenoxy) is 3. The summed E-state index contributed by atoms with van der Waals surface area (Å²) in [5.41, 5.74) is -0.731. The number of nitrogens with one attached hydrogen (secondary N) is 1. The first-order chi connectivity index (χ1) is 17.1. The number of rotatable bonds is 11. The summed E-state index contributed by atoms with van der Waals surface area (Å²) in [4.78, 5) is 39.1. The zero-order valence-corrected chi connectivity index (χ0v) is 22.9. The van der Waals surface area contributed by atoms with Gasteiger partial charge in [-0.3, -0.25) is 9.59 Å². The van der Waals surface area contributed by atoms with Crippen LogP contribution in [0.2, 0.25) is 0 Å². The van der Waals surface area contributed by atoms with Crippen molar-refractivity contribution >= 4 is 23.7 Å². The zero-order valence-electron chi connectivity index (χ0n) is 22.9. The summed E-state index contributed by atoms with van der Waals surface area (Å²) in [6.45, 7) is 11.1. The molecule has 0 fully saturated rings. The van der Waals surface area contributed by atoms with Crippen molar-refractivity contribution in [3.8, 4) is 5.75 Å². The van der Waals surface area contributed by atoms with Gasteiger partial charge in [0.25, 0.3) is 0 Å². The van der Waals surface area contributed by atoms with E-state index in [0.29, 0.717) is 24.6 Å². The molecule has 1 aromatic rings. The van der Waals surface area contributed by atoms with Gasteiger partial charge in [-0.15, -0.1) is 0 Å². The molecule has 0 saturated heterocycles. The summed E-state index contributed by atoms with van der Waals surface area (Å²) >= 11 is 0. The molecule has 0 bridgehead atoms. The second-order valence-electron chi connectivity index (χ2n) is 11.5. The average Bonchev–Trinajstić information content (AvgIpc) is 2.76. The van der Waals surface area contributed by atoms with Crippen LogP contribution in [-0.4, -0.2) is 72.3 Å². The van der Waals surface area contributed by atoms with Crippen LogP contribution >= 0.6 is 0 Å². The molecular weight excluding hydrogens is 480 g/mol. The number of hydrogen-bond acceptors (Lipinski definition) is 7. The molecular formula is C27H42N2O8. The van der Waals surface area contributed by atoms with E-state index in [1.165, 1.54) is 6.92 Å². The first-order valence-corrected chi connectivity index (χ1v) is 12.6. The number of anilines is 1. The second kappa shape index (κ2) is 12.6. The predicted molar refractivity (Wildman–Crippen MR) is 139 cm³/mol. The molecule has 10 heteroatoms. The highest BCUT2D eigenvalue weighted by molar-refractivity contribution is 5.95. The van der Waals surface area contributed by atoms with E-state index in [9.17, 15) is 24.6 Å². The number of carbonyl (C=O) groups excluding carboxylic acids is 2. The molecule has 0 aliphatic carbocycles. The van der Waals surface area contributed by atoms with Crippen LogP contribution in [0.25, 0.3) is 0 Å². The quantitative estimate of drug-likeness (QED) is 0.401. The van der Waals surface area contributed by atoms with Crippen molar-refractivity contribution in [2.24, 2.45) is 11.3 Å². The normalized spacial score (nSPS) is 18.2. The number of amides is 2. The van der Waals surface area contributed by atoms with Gasteiger partial charge in [-0.25, -0.2) is 4.79 Å². The maximum Gasteiger partial charge on any atom is 0.407 e. The Bertz CT molecular complexity index is 943. The highest BCUT2D eigenvalue weighted by atomic mass is 16.6. The number of alkyl carbamates (subject to hydrolysis) is 1. The monoisotopic (exact) mass is 522 g/mol. The summed E-state index contributed by atoms with van der Waals surface area (Å²) in [6, 6.07) is 6.49. The van der Waals surface area contributed by atoms with Gasteiger partial charge in [-0.05, 0) is 51.2 Å². The lowest BCUT2D eigenvalue weighted by Crippen LogP contribution is -2.49. The van der Waals surface area contributed by atoms with Crippen molar-refractivity contribution in [3.63, 3.8) is 0 Å². The molecule has 2 rings (SSSR count). The van der Waals surface area contributed by atoms with Gasteiger partial charge in [-0.1, -0.05) is 32.9 Å². The second-order valence-corrected chi connectivity index (χ2v) is 11.5. The maximum absolute atomic E-state index is 13.5. The molecule has 1 aliphatic rings. The SMILES string of the molecule is COC[C@H]1CN(C(=O)CC(C)(C)C[C@H](NC(=O)OC(C)(C)C)[C@@H](O)C[C@@H](C)C(=O)O)c2ccccc2O1. The molecule has 2 amide bonds. The Morgan fingerprint density at radius 2 is 1.84 bits per heavy atom. The Balaban J connectivity index is 2.20. The van der Waals surface area contributed by atoms with Crippen LogP contribution in [0.4, 0.5) is 10.5 Å². The van der Waals surface area contributed by atoms with Crippen molar-refractivity contribution in [3.05, 3.63) is 24.3 Å². The number of fused-ring (bicyclic) bond motifs is 1. The number of benzene rings is 1. The Morgan fingerprint density at radius 3 is 2.43 bits per heavy atom. The molecule has 37 heavy (non-hydrogen) atoms. The predicted octanol–water partition coefficient (Wildman–Crippen LogP) is 3.60. The highest BCUT2D eigenvalue weighted by Crippen LogP contribution is 2.36. The summed E-state index contributed by atoms with van der Waals surface area (Å²) < 4.78 is 16.6. The summed E-state index contributed by atoms with van der Waals surface area (Å²) in [5, 5.41) is 22.9. The van der Waals surface area contributed by atoms with Gasteiger partial charge in [0, 0.05) is 13.5 Å². The average molecular weight is 523 g/mol. The maximum atomic E-state index is 13.5. The van der Waals surface area contributed by atoms with Gasteiger partial charge < -0.3 is 34.6 Å². The fourth-order valence-electron chi connectivity index (χ4n) is 4.35. The number of aliphatic hydroxyl groups is 1. The fraction of sp³-hybridized carbons (Fsp3) is 0.667. The molecule has 4 atom stereocenters. The van der Waals surface area contributed by atoms with Gasteiger partial charge in [0.05, 0.1) is 36.9 Å². The Labute approximate surface area is 219 Å². The topological polar surface area (TPSA) is 135 Å². The lowest BCUT2D eigenvalue weighted by atomic mass is 9.79. The van der Waals surface area contributed by atoms with E-state index in [1.54, 1.807) is 32.8 Å². The van der Waals surface area contributed by atoms with Crippen LogP contribution < -0.4 is 15.0 Å². The zero-order chi connectivity index (χ0) is 28.0. The lowest BCUT2D eigenvalue weighted by Gasteiger charge is -2.38. The number of carboxylic acids is 1. The van der Waals surface area contributed by atoms with E-state index in [4.69, 9.17) is 14.2 Å². The van der Waals surface area contributed by atoms with Gasteiger partial charge in [0.1, 0.15) is 17.5 Å². The number of methoxy groups -OCH3 is 1. The van der Waals surface area contributed by atoms with Crippen molar-refractivity contribution in [1.29, 1.82) is 0 Å². The van der Waals surface area contributed by atoms with E-state index >= 15 is 0 Å². The van der Waals surface area contributed by atoms with Gasteiger partial charge in [0.2, 0.25) is 5.91 Å². The minimum atomic E-state index is -1.15. The number of nitrogens with zero attached hydrogens (tertiary/aromatic N) is 1. The van der Waals surface area contributed by atoms with Gasteiger partial charge >= 0.3 is 12.1 Å². The molecule has 10 nitrogen and oxygen atoms in total. The van der Waals surface area contributed by atoms with Crippen molar-refractivity contribution in [2.45, 2.75) is 84.7 Å². The molecule has 0 unspecified atom stereocenters. The van der Waals surface area contributed by atoms with E-state index in [1.807, 2.05) is 38.1 Å². The molecule has 0 saturated carbocycles. The first-order valence-electron chi connectivity index (χ1n) is 12.6. The lowest BCUT2D eigenvalue weighted by molar-refractivity contribution is -0.142. The molecule has 1 heterocycles. The molecule has 0 radical (unpaired) electrons. The molecule has 3 N–H and O–H groups in total. The number of carbonyl (C=O) groups is 3. The Kier molecular flexibility index (Phi) is 10.3. The molecule has 0 spiro atoms. The fourth-order valence-corrected chi connectivity index (χ4v) is 4.35. The van der Waals surface area contributed by atoms with Crippen LogP contribution in [0.15, 0.2) is 24.3 Å². The van der Waals surface area contributed by atoms with E-state index in [0.717, 1.165) is 0 Å². The number of para-hydroxylation sites is 2. The van der Waals surface area contributed by atoms with Gasteiger partial charge in [-0.2, -0.15) is 0 Å². The third-order valence-electron chi connectivity index (χ3n) is 6.07. The van der Waals surface area contributed by atoms with Crippen LogP contribution in [0, 0.1) is 11.3 Å². The van der Waals surface area contributed by atoms with Crippen LogP contribution in [0.3, 0.4) is 0 Å².